The molecule has 76 valence electrons. The number of hydrogen-bond acceptors (Lipinski definition) is 3. The van der Waals surface area contributed by atoms with Crippen LogP contribution in [0.4, 0.5) is 0 Å². The third-order valence-corrected chi connectivity index (χ3v) is 3.90. The molecule has 0 spiro atoms. The summed E-state index contributed by atoms with van der Waals surface area (Å²) < 4.78 is 5.16. The molecule has 2 N–H and O–H groups in total. The first-order valence-corrected chi connectivity index (χ1v) is 5.52. The number of hydrogen-bond donors (Lipinski definition) is 1. The second kappa shape index (κ2) is 3.09. The molecule has 3 nitrogen and oxygen atoms in total. The molecule has 3 atom stereocenters. The molecule has 1 aromatic rings. The lowest BCUT2D eigenvalue weighted by atomic mass is 9.86. The maximum absolute atomic E-state index is 5.50. The molecule has 1 heterocycles. The molecular formula is C11H16N2O. The van der Waals surface area contributed by atoms with E-state index in [0.29, 0.717) is 12.5 Å². The standard InChI is InChI=1S/C11H16N2O/c12-6-9-5-11(13-14-9)10-4-7-1-2-8(10)3-7/h5,7-8,10H,1-4,6,12H2. The van der Waals surface area contributed by atoms with Gasteiger partial charge >= 0.3 is 0 Å². The van der Waals surface area contributed by atoms with Gasteiger partial charge in [0, 0.05) is 12.0 Å². The molecule has 2 aliphatic carbocycles. The molecule has 3 unspecified atom stereocenters. The molecule has 2 bridgehead atoms. The van der Waals surface area contributed by atoms with Crippen molar-refractivity contribution in [3.63, 3.8) is 0 Å². The smallest absolute Gasteiger partial charge is 0.150 e. The third kappa shape index (κ3) is 1.19. The molecule has 3 rings (SSSR count). The van der Waals surface area contributed by atoms with Gasteiger partial charge in [0.05, 0.1) is 12.2 Å². The molecule has 14 heavy (non-hydrogen) atoms. The number of aromatic nitrogens is 1. The Hall–Kier alpha value is -0.830. The van der Waals surface area contributed by atoms with Crippen LogP contribution in [0.25, 0.3) is 0 Å². The zero-order valence-electron chi connectivity index (χ0n) is 8.28. The van der Waals surface area contributed by atoms with Crippen molar-refractivity contribution in [1.29, 1.82) is 0 Å². The summed E-state index contributed by atoms with van der Waals surface area (Å²) in [7, 11) is 0. The molecule has 1 aromatic heterocycles. The van der Waals surface area contributed by atoms with Crippen molar-refractivity contribution < 1.29 is 4.52 Å². The van der Waals surface area contributed by atoms with Gasteiger partial charge in [-0.2, -0.15) is 0 Å². The average Bonchev–Trinajstić information content (AvgIpc) is 2.93. The second-order valence-electron chi connectivity index (χ2n) is 4.70. The van der Waals surface area contributed by atoms with Crippen molar-refractivity contribution in [2.45, 2.75) is 38.1 Å². The lowest BCUT2D eigenvalue weighted by Crippen LogP contribution is -2.08. The fourth-order valence-electron chi connectivity index (χ4n) is 3.21. The molecule has 2 aliphatic rings. The van der Waals surface area contributed by atoms with Gasteiger partial charge in [0.15, 0.2) is 5.76 Å². The van der Waals surface area contributed by atoms with Gasteiger partial charge in [-0.05, 0) is 31.1 Å². The summed E-state index contributed by atoms with van der Waals surface area (Å²) in [5.74, 6) is 3.32. The van der Waals surface area contributed by atoms with Crippen molar-refractivity contribution in [3.05, 3.63) is 17.5 Å². The molecule has 2 fully saturated rings. The largest absolute Gasteiger partial charge is 0.360 e. The van der Waals surface area contributed by atoms with E-state index in [-0.39, 0.29) is 0 Å². The highest BCUT2D eigenvalue weighted by Crippen LogP contribution is 2.52. The van der Waals surface area contributed by atoms with Crippen LogP contribution in [0.3, 0.4) is 0 Å². The number of rotatable bonds is 2. The summed E-state index contributed by atoms with van der Waals surface area (Å²) in [5, 5.41) is 4.13. The molecule has 0 aliphatic heterocycles. The van der Waals surface area contributed by atoms with E-state index in [9.17, 15) is 0 Å². The predicted molar refractivity (Wildman–Crippen MR) is 52.6 cm³/mol. The van der Waals surface area contributed by atoms with E-state index in [1.54, 1.807) is 0 Å². The molecule has 0 saturated heterocycles. The van der Waals surface area contributed by atoms with Crippen LogP contribution in [0.1, 0.15) is 43.1 Å². The van der Waals surface area contributed by atoms with Gasteiger partial charge in [-0.25, -0.2) is 0 Å². The Morgan fingerprint density at radius 2 is 2.36 bits per heavy atom. The van der Waals surface area contributed by atoms with E-state index in [4.69, 9.17) is 10.3 Å². The predicted octanol–water partition coefficient (Wildman–Crippen LogP) is 2.04. The summed E-state index contributed by atoms with van der Waals surface area (Å²) in [6.45, 7) is 0.466. The van der Waals surface area contributed by atoms with E-state index in [1.165, 1.54) is 25.7 Å². The first kappa shape index (κ1) is 8.48. The molecule has 0 amide bonds. The van der Waals surface area contributed by atoms with Gasteiger partial charge in [-0.15, -0.1) is 0 Å². The molecular weight excluding hydrogens is 176 g/mol. The molecule has 0 aromatic carbocycles. The summed E-state index contributed by atoms with van der Waals surface area (Å²) in [4.78, 5) is 0. The van der Waals surface area contributed by atoms with Crippen molar-refractivity contribution in [3.8, 4) is 0 Å². The van der Waals surface area contributed by atoms with Crippen LogP contribution in [-0.2, 0) is 6.54 Å². The summed E-state index contributed by atoms with van der Waals surface area (Å²) >= 11 is 0. The lowest BCUT2D eigenvalue weighted by Gasteiger charge is -2.18. The molecule has 0 radical (unpaired) electrons. The fraction of sp³-hybridized carbons (Fsp3) is 0.727. The first-order chi connectivity index (χ1) is 6.86. The van der Waals surface area contributed by atoms with Crippen LogP contribution in [0.2, 0.25) is 0 Å². The zero-order chi connectivity index (χ0) is 9.54. The second-order valence-corrected chi connectivity index (χ2v) is 4.70. The number of nitrogens with zero attached hydrogens (tertiary/aromatic N) is 1. The van der Waals surface area contributed by atoms with Crippen molar-refractivity contribution in [1.82, 2.24) is 5.16 Å². The maximum Gasteiger partial charge on any atom is 0.150 e. The summed E-state index contributed by atoms with van der Waals surface area (Å²) in [6, 6.07) is 2.05. The molecule has 2 saturated carbocycles. The Bertz CT molecular complexity index is 334. The van der Waals surface area contributed by atoms with Gasteiger partial charge in [-0.1, -0.05) is 11.6 Å². The Morgan fingerprint density at radius 1 is 1.43 bits per heavy atom. The van der Waals surface area contributed by atoms with Gasteiger partial charge < -0.3 is 10.3 Å². The minimum absolute atomic E-state index is 0.466. The zero-order valence-corrected chi connectivity index (χ0v) is 8.28. The van der Waals surface area contributed by atoms with Gasteiger partial charge in [0.25, 0.3) is 0 Å². The van der Waals surface area contributed by atoms with Crippen LogP contribution in [0.5, 0.6) is 0 Å². The Labute approximate surface area is 83.6 Å². The van der Waals surface area contributed by atoms with E-state index < -0.39 is 0 Å². The highest BCUT2D eigenvalue weighted by molar-refractivity contribution is 5.15. The minimum Gasteiger partial charge on any atom is -0.360 e. The van der Waals surface area contributed by atoms with Crippen molar-refractivity contribution in [2.75, 3.05) is 0 Å². The quantitative estimate of drug-likeness (QED) is 0.780. The number of fused-ring (bicyclic) bond motifs is 2. The van der Waals surface area contributed by atoms with Crippen LogP contribution >= 0.6 is 0 Å². The Balaban J connectivity index is 1.82. The van der Waals surface area contributed by atoms with E-state index in [1.807, 2.05) is 6.07 Å². The third-order valence-electron chi connectivity index (χ3n) is 3.90. The van der Waals surface area contributed by atoms with E-state index in [2.05, 4.69) is 5.16 Å². The Kier molecular flexibility index (Phi) is 1.87. The van der Waals surface area contributed by atoms with Gasteiger partial charge in [0.1, 0.15) is 0 Å². The summed E-state index contributed by atoms with van der Waals surface area (Å²) in [5.41, 5.74) is 6.65. The van der Waals surface area contributed by atoms with Crippen LogP contribution < -0.4 is 5.73 Å². The van der Waals surface area contributed by atoms with Crippen LogP contribution in [-0.4, -0.2) is 5.16 Å². The van der Waals surface area contributed by atoms with Gasteiger partial charge in [0.2, 0.25) is 0 Å². The maximum atomic E-state index is 5.50. The Morgan fingerprint density at radius 3 is 2.93 bits per heavy atom. The minimum atomic E-state index is 0.466. The summed E-state index contributed by atoms with van der Waals surface area (Å²) in [6.07, 6.45) is 5.56. The topological polar surface area (TPSA) is 52.0 Å². The van der Waals surface area contributed by atoms with Crippen LogP contribution in [0, 0.1) is 11.8 Å². The first-order valence-electron chi connectivity index (χ1n) is 5.52. The van der Waals surface area contributed by atoms with Gasteiger partial charge in [-0.3, -0.25) is 0 Å². The monoisotopic (exact) mass is 192 g/mol. The normalized spacial score (nSPS) is 35.4. The SMILES string of the molecule is NCc1cc(C2CC3CCC2C3)no1. The lowest BCUT2D eigenvalue weighted by molar-refractivity contribution is 0.352. The highest BCUT2D eigenvalue weighted by Gasteiger charge is 2.41. The van der Waals surface area contributed by atoms with Crippen LogP contribution in [0.15, 0.2) is 10.6 Å². The average molecular weight is 192 g/mol. The van der Waals surface area contributed by atoms with E-state index in [0.717, 1.165) is 23.3 Å². The van der Waals surface area contributed by atoms with E-state index >= 15 is 0 Å². The fourth-order valence-corrected chi connectivity index (χ4v) is 3.21. The van der Waals surface area contributed by atoms with Crippen molar-refractivity contribution >= 4 is 0 Å². The number of nitrogens with two attached hydrogens (primary N) is 1. The van der Waals surface area contributed by atoms with Crippen molar-refractivity contribution in [2.24, 2.45) is 17.6 Å². The highest BCUT2D eigenvalue weighted by atomic mass is 16.5. The molecule has 3 heteroatoms.